The van der Waals surface area contributed by atoms with Crippen LogP contribution in [0.3, 0.4) is 0 Å². The van der Waals surface area contributed by atoms with Gasteiger partial charge in [-0.05, 0) is 28.8 Å². The van der Waals surface area contributed by atoms with Gasteiger partial charge in [0.1, 0.15) is 0 Å². The van der Waals surface area contributed by atoms with Gasteiger partial charge >= 0.3 is 0 Å². The maximum atomic E-state index is 3.08. The first kappa shape index (κ1) is 13.4. The molecule has 2 heteroatoms. The van der Waals surface area contributed by atoms with E-state index in [2.05, 4.69) is 78.9 Å². The van der Waals surface area contributed by atoms with E-state index in [-0.39, 0.29) is 0 Å². The van der Waals surface area contributed by atoms with Crippen LogP contribution in [0.15, 0.2) is 89.8 Å². The van der Waals surface area contributed by atoms with Crippen molar-refractivity contribution in [2.24, 2.45) is 0 Å². The monoisotopic (exact) mass is 293 g/mol. The van der Waals surface area contributed by atoms with Crippen LogP contribution < -0.4 is 10.6 Å². The molecule has 0 fully saturated rings. The Balaban J connectivity index is 1.96. The molecule has 0 atom stereocenters. The van der Waals surface area contributed by atoms with Gasteiger partial charge in [0.2, 0.25) is 0 Å². The van der Waals surface area contributed by atoms with Crippen LogP contribution in [0, 0.1) is 6.07 Å². The summed E-state index contributed by atoms with van der Waals surface area (Å²) >= 11 is 1.94. The first-order valence-corrected chi connectivity index (χ1v) is 9.24. The van der Waals surface area contributed by atoms with Crippen LogP contribution in [0.2, 0.25) is 0 Å². The maximum Gasteiger partial charge on any atom is 0.0207 e. The molecule has 3 rings (SSSR count). The standard InChI is InChI=1S/C18H14PS/c1-4-10-16(11-5-1)19(17-12-6-2-7-13-17)20-18-14-8-3-9-15-18/h1-2,4-15H. The van der Waals surface area contributed by atoms with Crippen LogP contribution in [0.25, 0.3) is 0 Å². The van der Waals surface area contributed by atoms with E-state index >= 15 is 0 Å². The van der Waals surface area contributed by atoms with Crippen LogP contribution in [0.1, 0.15) is 0 Å². The van der Waals surface area contributed by atoms with Gasteiger partial charge in [-0.3, -0.25) is 0 Å². The lowest BCUT2D eigenvalue weighted by atomic mass is 10.4. The van der Waals surface area contributed by atoms with E-state index in [9.17, 15) is 0 Å². The Morgan fingerprint density at radius 2 is 1.15 bits per heavy atom. The van der Waals surface area contributed by atoms with Gasteiger partial charge in [-0.15, -0.1) is 0 Å². The summed E-state index contributed by atoms with van der Waals surface area (Å²) in [6.45, 7) is 0. The lowest BCUT2D eigenvalue weighted by molar-refractivity contribution is 1.47. The Morgan fingerprint density at radius 1 is 0.650 bits per heavy atom. The van der Waals surface area contributed by atoms with Crippen molar-refractivity contribution in [2.45, 2.75) is 4.90 Å². The van der Waals surface area contributed by atoms with E-state index in [0.717, 1.165) is 0 Å². The van der Waals surface area contributed by atoms with Crippen LogP contribution in [-0.2, 0) is 0 Å². The Labute approximate surface area is 125 Å². The molecule has 0 spiro atoms. The molecule has 0 bridgehead atoms. The molecule has 0 saturated heterocycles. The zero-order valence-electron chi connectivity index (χ0n) is 10.9. The third-order valence-corrected chi connectivity index (χ3v) is 7.51. The van der Waals surface area contributed by atoms with Gasteiger partial charge in [0.05, 0.1) is 0 Å². The zero-order chi connectivity index (χ0) is 13.6. The molecular formula is C18H14PS. The first-order chi connectivity index (χ1) is 9.93. The van der Waals surface area contributed by atoms with E-state index in [1.165, 1.54) is 15.5 Å². The van der Waals surface area contributed by atoms with Crippen molar-refractivity contribution in [1.29, 1.82) is 0 Å². The van der Waals surface area contributed by atoms with Gasteiger partial charge in [-0.25, -0.2) is 0 Å². The van der Waals surface area contributed by atoms with E-state index in [4.69, 9.17) is 0 Å². The van der Waals surface area contributed by atoms with Crippen molar-refractivity contribution < 1.29 is 0 Å². The minimum Gasteiger partial charge on any atom is -0.0888 e. The summed E-state index contributed by atoms with van der Waals surface area (Å²) < 4.78 is 0. The Kier molecular flexibility index (Phi) is 4.53. The molecule has 0 aromatic heterocycles. The highest BCUT2D eigenvalue weighted by Crippen LogP contribution is 2.51. The second kappa shape index (κ2) is 6.74. The summed E-state index contributed by atoms with van der Waals surface area (Å²) in [5.41, 5.74) is 0. The number of hydrogen-bond donors (Lipinski definition) is 0. The summed E-state index contributed by atoms with van der Waals surface area (Å²) in [6, 6.07) is 32.8. The van der Waals surface area contributed by atoms with E-state index < -0.39 is 7.12 Å². The van der Waals surface area contributed by atoms with Gasteiger partial charge in [0.15, 0.2) is 0 Å². The normalized spacial score (nSPS) is 10.7. The third kappa shape index (κ3) is 3.30. The predicted octanol–water partition coefficient (Wildman–Crippen LogP) is 4.63. The largest absolute Gasteiger partial charge is 0.0888 e. The Hall–Kier alpha value is -1.56. The van der Waals surface area contributed by atoms with Crippen LogP contribution in [0.4, 0.5) is 0 Å². The number of rotatable bonds is 4. The summed E-state index contributed by atoms with van der Waals surface area (Å²) in [4.78, 5) is 1.29. The molecule has 0 amide bonds. The van der Waals surface area contributed by atoms with Crippen molar-refractivity contribution in [3.8, 4) is 0 Å². The van der Waals surface area contributed by atoms with Gasteiger partial charge in [-0.2, -0.15) is 0 Å². The molecule has 0 aliphatic rings. The van der Waals surface area contributed by atoms with Crippen LogP contribution in [0.5, 0.6) is 0 Å². The zero-order valence-corrected chi connectivity index (χ0v) is 12.6. The highest BCUT2D eigenvalue weighted by Gasteiger charge is 2.14. The van der Waals surface area contributed by atoms with E-state index in [1.54, 1.807) is 0 Å². The summed E-state index contributed by atoms with van der Waals surface area (Å²) in [5.74, 6) is 0. The molecule has 3 aromatic rings. The topological polar surface area (TPSA) is 0 Å². The highest BCUT2D eigenvalue weighted by atomic mass is 32.7. The van der Waals surface area contributed by atoms with Gasteiger partial charge in [-0.1, -0.05) is 84.2 Å². The highest BCUT2D eigenvalue weighted by molar-refractivity contribution is 8.60. The van der Waals surface area contributed by atoms with Crippen molar-refractivity contribution in [2.75, 3.05) is 0 Å². The molecule has 0 aliphatic carbocycles. The molecule has 1 radical (unpaired) electrons. The van der Waals surface area contributed by atoms with Gasteiger partial charge < -0.3 is 0 Å². The fraction of sp³-hybridized carbons (Fsp3) is 0. The minimum absolute atomic E-state index is 0.424. The molecule has 3 aromatic carbocycles. The lowest BCUT2D eigenvalue weighted by Gasteiger charge is -2.17. The molecule has 0 N–H and O–H groups in total. The number of hydrogen-bond acceptors (Lipinski definition) is 1. The number of benzene rings is 3. The fourth-order valence-corrected chi connectivity index (χ4v) is 6.14. The molecule has 0 aliphatic heterocycles. The lowest BCUT2D eigenvalue weighted by Crippen LogP contribution is -2.08. The summed E-state index contributed by atoms with van der Waals surface area (Å²) in [6.07, 6.45) is 0. The molecule has 0 nitrogen and oxygen atoms in total. The van der Waals surface area contributed by atoms with Crippen molar-refractivity contribution in [3.05, 3.63) is 91.0 Å². The second-order valence-corrected chi connectivity index (χ2v) is 8.21. The van der Waals surface area contributed by atoms with Gasteiger partial charge in [0.25, 0.3) is 0 Å². The van der Waals surface area contributed by atoms with Crippen molar-refractivity contribution in [1.82, 2.24) is 0 Å². The molecule has 97 valence electrons. The van der Waals surface area contributed by atoms with Crippen LogP contribution >= 0.6 is 18.5 Å². The van der Waals surface area contributed by atoms with E-state index in [1.807, 2.05) is 23.5 Å². The maximum absolute atomic E-state index is 3.08. The second-order valence-electron chi connectivity index (χ2n) is 4.29. The Morgan fingerprint density at radius 3 is 1.65 bits per heavy atom. The minimum atomic E-state index is -0.424. The smallest absolute Gasteiger partial charge is 0.0207 e. The third-order valence-electron chi connectivity index (χ3n) is 2.87. The fourth-order valence-electron chi connectivity index (χ4n) is 1.92. The first-order valence-electron chi connectivity index (χ1n) is 6.48. The SMILES string of the molecule is [c]1ccc(SP(c2ccccc2)c2ccccc2)cc1. The Bertz CT molecular complexity index is 599. The quantitative estimate of drug-likeness (QED) is 0.632. The average Bonchev–Trinajstić information content (AvgIpc) is 2.55. The van der Waals surface area contributed by atoms with Gasteiger partial charge in [0, 0.05) is 12.0 Å². The summed E-state index contributed by atoms with van der Waals surface area (Å²) in [5, 5.41) is 2.79. The molecule has 0 saturated carbocycles. The average molecular weight is 293 g/mol. The molecule has 20 heavy (non-hydrogen) atoms. The van der Waals surface area contributed by atoms with Crippen molar-refractivity contribution in [3.63, 3.8) is 0 Å². The molecular weight excluding hydrogens is 279 g/mol. The van der Waals surface area contributed by atoms with Crippen molar-refractivity contribution >= 4 is 29.1 Å². The van der Waals surface area contributed by atoms with E-state index in [0.29, 0.717) is 0 Å². The summed E-state index contributed by atoms with van der Waals surface area (Å²) in [7, 11) is -0.424. The molecule has 0 heterocycles. The predicted molar refractivity (Wildman–Crippen MR) is 90.2 cm³/mol. The van der Waals surface area contributed by atoms with Crippen LogP contribution in [-0.4, -0.2) is 0 Å². The molecule has 0 unspecified atom stereocenters.